The molecular weight excluding hydrogens is 440 g/mol. The molecule has 3 aromatic rings. The summed E-state index contributed by atoms with van der Waals surface area (Å²) in [6.45, 7) is 12.6. The summed E-state index contributed by atoms with van der Waals surface area (Å²) in [4.78, 5) is 14.1. The third-order valence-corrected chi connectivity index (χ3v) is 6.87. The van der Waals surface area contributed by atoms with E-state index in [1.165, 1.54) is 27.9 Å². The number of hydrogen-bond acceptors (Lipinski definition) is 4. The molecule has 0 saturated carbocycles. The lowest BCUT2D eigenvalue weighted by atomic mass is 9.77. The summed E-state index contributed by atoms with van der Waals surface area (Å²) >= 11 is 6.12. The number of aryl methyl sites for hydroxylation is 2. The monoisotopic (exact) mass is 478 g/mol. The van der Waals surface area contributed by atoms with Crippen molar-refractivity contribution in [3.8, 4) is 0 Å². The Morgan fingerprint density at radius 2 is 1.47 bits per heavy atom. The van der Waals surface area contributed by atoms with Gasteiger partial charge < -0.3 is 9.80 Å². The molecule has 0 aliphatic rings. The van der Waals surface area contributed by atoms with E-state index in [2.05, 4.69) is 80.8 Å². The van der Waals surface area contributed by atoms with Crippen LogP contribution in [0.15, 0.2) is 54.9 Å². The summed E-state index contributed by atoms with van der Waals surface area (Å²) in [6.07, 6.45) is 6.19. The Balaban J connectivity index is 1.51. The first-order chi connectivity index (χ1) is 16.2. The van der Waals surface area contributed by atoms with Crippen LogP contribution in [0.5, 0.6) is 0 Å². The van der Waals surface area contributed by atoms with Crippen molar-refractivity contribution >= 4 is 11.6 Å². The van der Waals surface area contributed by atoms with Gasteiger partial charge in [-0.3, -0.25) is 9.97 Å². The van der Waals surface area contributed by atoms with Crippen molar-refractivity contribution in [2.45, 2.75) is 59.0 Å². The van der Waals surface area contributed by atoms with Crippen molar-refractivity contribution in [3.63, 3.8) is 0 Å². The summed E-state index contributed by atoms with van der Waals surface area (Å²) in [6, 6.07) is 14.6. The Bertz CT molecular complexity index is 1060. The Morgan fingerprint density at radius 3 is 2.09 bits per heavy atom. The van der Waals surface area contributed by atoms with Crippen LogP contribution in [0.1, 0.15) is 60.3 Å². The summed E-state index contributed by atoms with van der Waals surface area (Å²) < 4.78 is 0. The third-order valence-electron chi connectivity index (χ3n) is 6.62. The predicted octanol–water partition coefficient (Wildman–Crippen LogP) is 6.42. The van der Waals surface area contributed by atoms with Crippen LogP contribution in [-0.2, 0) is 18.5 Å². The highest BCUT2D eigenvalue weighted by molar-refractivity contribution is 6.30. The van der Waals surface area contributed by atoms with Crippen LogP contribution >= 0.6 is 11.6 Å². The van der Waals surface area contributed by atoms with E-state index in [0.717, 1.165) is 49.7 Å². The molecule has 2 aromatic heterocycles. The van der Waals surface area contributed by atoms with Crippen LogP contribution in [0, 0.1) is 13.8 Å². The largest absolute Gasteiger partial charge is 0.301 e. The average molecular weight is 479 g/mol. The van der Waals surface area contributed by atoms with Gasteiger partial charge in [-0.1, -0.05) is 49.7 Å². The lowest BCUT2D eigenvalue weighted by molar-refractivity contribution is 0.280. The van der Waals surface area contributed by atoms with Crippen molar-refractivity contribution in [2.75, 3.05) is 27.2 Å². The zero-order valence-electron chi connectivity index (χ0n) is 21.6. The van der Waals surface area contributed by atoms with Crippen molar-refractivity contribution < 1.29 is 0 Å². The van der Waals surface area contributed by atoms with E-state index in [9.17, 15) is 0 Å². The zero-order valence-corrected chi connectivity index (χ0v) is 22.4. The molecule has 0 aliphatic heterocycles. The molecule has 34 heavy (non-hydrogen) atoms. The molecule has 3 rings (SSSR count). The van der Waals surface area contributed by atoms with Crippen LogP contribution in [0.25, 0.3) is 0 Å². The number of benzene rings is 1. The second-order valence-electron chi connectivity index (χ2n) is 10.1. The Kier molecular flexibility index (Phi) is 9.24. The molecule has 0 N–H and O–H groups in total. The van der Waals surface area contributed by atoms with Crippen molar-refractivity contribution in [3.05, 3.63) is 93.5 Å². The minimum Gasteiger partial charge on any atom is -0.301 e. The summed E-state index contributed by atoms with van der Waals surface area (Å²) in [5.41, 5.74) is 7.19. The van der Waals surface area contributed by atoms with E-state index in [1.807, 2.05) is 30.6 Å². The Hall–Kier alpha value is -2.27. The van der Waals surface area contributed by atoms with Gasteiger partial charge in [0.25, 0.3) is 0 Å². The molecule has 1 aromatic carbocycles. The lowest BCUT2D eigenvalue weighted by Crippen LogP contribution is -2.26. The molecule has 0 bridgehead atoms. The second-order valence-corrected chi connectivity index (χ2v) is 10.5. The SMILES string of the molecule is Cc1cnc(CN(C)CCCCN(C)Cc2ncccc2C(C)(C)c2ccc(Cl)cc2)c(C)c1. The van der Waals surface area contributed by atoms with Gasteiger partial charge >= 0.3 is 0 Å². The number of nitrogens with zero attached hydrogens (tertiary/aromatic N) is 4. The van der Waals surface area contributed by atoms with Crippen molar-refractivity contribution in [2.24, 2.45) is 0 Å². The molecular formula is C29H39ClN4. The van der Waals surface area contributed by atoms with E-state index in [1.54, 1.807) is 0 Å². The van der Waals surface area contributed by atoms with Gasteiger partial charge in [0, 0.05) is 35.9 Å². The van der Waals surface area contributed by atoms with Crippen LogP contribution in [0.2, 0.25) is 5.02 Å². The maximum absolute atomic E-state index is 6.12. The van der Waals surface area contributed by atoms with E-state index in [0.29, 0.717) is 0 Å². The van der Waals surface area contributed by atoms with Gasteiger partial charge in [-0.05, 0) is 94.3 Å². The van der Waals surface area contributed by atoms with Gasteiger partial charge in [0.15, 0.2) is 0 Å². The topological polar surface area (TPSA) is 32.3 Å². The molecule has 4 nitrogen and oxygen atoms in total. The first kappa shape index (κ1) is 26.3. The number of pyridine rings is 2. The van der Waals surface area contributed by atoms with Gasteiger partial charge in [0.2, 0.25) is 0 Å². The first-order valence-corrected chi connectivity index (χ1v) is 12.5. The zero-order chi connectivity index (χ0) is 24.7. The lowest BCUT2D eigenvalue weighted by Gasteiger charge is -2.29. The van der Waals surface area contributed by atoms with Crippen molar-refractivity contribution in [1.82, 2.24) is 19.8 Å². The maximum Gasteiger partial charge on any atom is 0.0584 e. The number of rotatable bonds is 11. The molecule has 0 aliphatic carbocycles. The van der Waals surface area contributed by atoms with E-state index >= 15 is 0 Å². The molecule has 5 heteroatoms. The van der Waals surface area contributed by atoms with E-state index in [-0.39, 0.29) is 5.41 Å². The smallest absolute Gasteiger partial charge is 0.0584 e. The van der Waals surface area contributed by atoms with Gasteiger partial charge in [-0.15, -0.1) is 0 Å². The molecule has 0 radical (unpaired) electrons. The minimum atomic E-state index is -0.139. The van der Waals surface area contributed by atoms with Crippen LogP contribution in [-0.4, -0.2) is 47.0 Å². The maximum atomic E-state index is 6.12. The highest BCUT2D eigenvalue weighted by Crippen LogP contribution is 2.34. The molecule has 0 fully saturated rings. The first-order valence-electron chi connectivity index (χ1n) is 12.2. The van der Waals surface area contributed by atoms with Crippen LogP contribution in [0.4, 0.5) is 0 Å². The Labute approximate surface area is 211 Å². The summed E-state index contributed by atoms with van der Waals surface area (Å²) in [5, 5.41) is 0.765. The van der Waals surface area contributed by atoms with Crippen molar-refractivity contribution in [1.29, 1.82) is 0 Å². The van der Waals surface area contributed by atoms with Gasteiger partial charge in [-0.2, -0.15) is 0 Å². The number of unbranched alkanes of at least 4 members (excludes halogenated alkanes) is 1. The normalized spacial score (nSPS) is 12.0. The number of halogens is 1. The predicted molar refractivity (Wildman–Crippen MR) is 143 cm³/mol. The van der Waals surface area contributed by atoms with Crippen LogP contribution < -0.4 is 0 Å². The van der Waals surface area contributed by atoms with Gasteiger partial charge in [-0.25, -0.2) is 0 Å². The average Bonchev–Trinajstić information content (AvgIpc) is 2.79. The van der Waals surface area contributed by atoms with Gasteiger partial charge in [0.05, 0.1) is 11.4 Å². The number of aromatic nitrogens is 2. The summed E-state index contributed by atoms with van der Waals surface area (Å²) in [5.74, 6) is 0. The fourth-order valence-electron chi connectivity index (χ4n) is 4.50. The molecule has 0 spiro atoms. The van der Waals surface area contributed by atoms with Crippen LogP contribution in [0.3, 0.4) is 0 Å². The minimum absolute atomic E-state index is 0.139. The second kappa shape index (κ2) is 11.9. The quantitative estimate of drug-likeness (QED) is 0.298. The fourth-order valence-corrected chi connectivity index (χ4v) is 4.62. The molecule has 0 unspecified atom stereocenters. The molecule has 0 atom stereocenters. The molecule has 0 saturated heterocycles. The molecule has 182 valence electrons. The standard InChI is InChI=1S/C29H39ClN4/c1-22-18-23(2)27(32-19-22)20-33(5)16-7-8-17-34(6)21-28-26(10-9-15-31-28)29(3,4)24-11-13-25(30)14-12-24/h9-15,18-19H,7-8,16-17,20-21H2,1-6H3. The molecule has 0 amide bonds. The van der Waals surface area contributed by atoms with E-state index < -0.39 is 0 Å². The van der Waals surface area contributed by atoms with Gasteiger partial charge in [0.1, 0.15) is 0 Å². The fraction of sp³-hybridized carbons (Fsp3) is 0.448. The highest BCUT2D eigenvalue weighted by Gasteiger charge is 2.26. The number of hydrogen-bond donors (Lipinski definition) is 0. The van der Waals surface area contributed by atoms with E-state index in [4.69, 9.17) is 16.6 Å². The summed E-state index contributed by atoms with van der Waals surface area (Å²) in [7, 11) is 4.38. The third kappa shape index (κ3) is 7.11. The highest BCUT2D eigenvalue weighted by atomic mass is 35.5. The Morgan fingerprint density at radius 1 is 0.853 bits per heavy atom. The molecule has 2 heterocycles.